The number of carbonyl (C=O) groups excluding carboxylic acids is 1. The van der Waals surface area contributed by atoms with Crippen molar-refractivity contribution < 1.29 is 13.9 Å². The molecule has 1 saturated heterocycles. The van der Waals surface area contributed by atoms with E-state index in [-0.39, 0.29) is 5.91 Å². The van der Waals surface area contributed by atoms with Crippen molar-refractivity contribution >= 4 is 17.2 Å². The Labute approximate surface area is 162 Å². The Morgan fingerprint density at radius 3 is 2.70 bits per heavy atom. The number of nitrogens with zero attached hydrogens (tertiary/aromatic N) is 2. The van der Waals surface area contributed by atoms with Gasteiger partial charge in [0.05, 0.1) is 12.9 Å². The molecule has 0 atom stereocenters. The molecule has 6 heteroatoms. The molecule has 1 aliphatic rings. The van der Waals surface area contributed by atoms with Gasteiger partial charge in [-0.15, -0.1) is 11.3 Å². The average molecular weight is 382 g/mol. The third kappa shape index (κ3) is 4.06. The number of aromatic nitrogens is 1. The number of furan rings is 1. The number of hydrogen-bond donors (Lipinski definition) is 0. The van der Waals surface area contributed by atoms with Gasteiger partial charge in [-0.1, -0.05) is 18.2 Å². The van der Waals surface area contributed by atoms with E-state index < -0.39 is 0 Å². The Balaban J connectivity index is 1.33. The number of benzene rings is 1. The summed E-state index contributed by atoms with van der Waals surface area (Å²) in [7, 11) is 0. The number of ether oxygens (including phenoxy) is 1. The van der Waals surface area contributed by atoms with Crippen LogP contribution in [0.25, 0.3) is 10.8 Å². The molecular formula is C21H22N2O3S. The van der Waals surface area contributed by atoms with E-state index in [0.717, 1.165) is 41.6 Å². The van der Waals surface area contributed by atoms with Gasteiger partial charge >= 0.3 is 0 Å². The van der Waals surface area contributed by atoms with Crippen LogP contribution in [0.4, 0.5) is 0 Å². The molecule has 1 aliphatic heterocycles. The molecule has 0 spiro atoms. The normalized spacial score (nSPS) is 15.1. The molecule has 0 bridgehead atoms. The Hall–Kier alpha value is -2.60. The van der Waals surface area contributed by atoms with E-state index in [2.05, 4.69) is 4.98 Å². The largest absolute Gasteiger partial charge is 0.493 e. The average Bonchev–Trinajstić information content (AvgIpc) is 3.37. The first kappa shape index (κ1) is 17.8. The third-order valence-electron chi connectivity index (χ3n) is 4.86. The van der Waals surface area contributed by atoms with Crippen LogP contribution in [0.2, 0.25) is 0 Å². The monoisotopic (exact) mass is 382 g/mol. The van der Waals surface area contributed by atoms with Crippen LogP contribution in [0.15, 0.2) is 53.1 Å². The molecule has 0 saturated carbocycles. The number of para-hydroxylation sites is 1. The molecule has 1 aromatic carbocycles. The molecule has 1 fully saturated rings. The maximum Gasteiger partial charge on any atom is 0.273 e. The van der Waals surface area contributed by atoms with Crippen molar-refractivity contribution in [2.24, 2.45) is 5.92 Å². The number of piperidine rings is 1. The molecule has 3 aromatic rings. The van der Waals surface area contributed by atoms with Crippen LogP contribution in [0.3, 0.4) is 0 Å². The summed E-state index contributed by atoms with van der Waals surface area (Å²) in [5.41, 5.74) is 0.547. The highest BCUT2D eigenvalue weighted by Gasteiger charge is 2.27. The molecule has 0 N–H and O–H groups in total. The van der Waals surface area contributed by atoms with Gasteiger partial charge in [0.15, 0.2) is 10.8 Å². The molecule has 2 aromatic heterocycles. The minimum Gasteiger partial charge on any atom is -0.493 e. The highest BCUT2D eigenvalue weighted by Crippen LogP contribution is 2.29. The molecule has 0 aliphatic carbocycles. The Bertz CT molecular complexity index is 882. The fourth-order valence-corrected chi connectivity index (χ4v) is 4.16. The van der Waals surface area contributed by atoms with Gasteiger partial charge in [-0.3, -0.25) is 4.79 Å². The quantitative estimate of drug-likeness (QED) is 0.645. The molecule has 3 heterocycles. The Kier molecular flexibility index (Phi) is 5.25. The van der Waals surface area contributed by atoms with Gasteiger partial charge in [-0.2, -0.15) is 0 Å². The maximum absolute atomic E-state index is 12.9. The second-order valence-corrected chi connectivity index (χ2v) is 7.96. The Morgan fingerprint density at radius 1 is 1.22 bits per heavy atom. The van der Waals surface area contributed by atoms with Gasteiger partial charge in [-0.05, 0) is 49.9 Å². The van der Waals surface area contributed by atoms with Crippen molar-refractivity contribution in [2.45, 2.75) is 19.8 Å². The molecule has 27 heavy (non-hydrogen) atoms. The number of aryl methyl sites for hydroxylation is 1. The molecule has 0 radical (unpaired) electrons. The summed E-state index contributed by atoms with van der Waals surface area (Å²) in [4.78, 5) is 20.3. The molecule has 140 valence electrons. The number of hydrogen-bond acceptors (Lipinski definition) is 5. The van der Waals surface area contributed by atoms with Crippen LogP contribution in [0, 0.1) is 12.8 Å². The van der Waals surface area contributed by atoms with Crippen LogP contribution in [-0.2, 0) is 0 Å². The first-order valence-corrected chi connectivity index (χ1v) is 10.0. The lowest BCUT2D eigenvalue weighted by molar-refractivity contribution is 0.0655. The zero-order chi connectivity index (χ0) is 18.6. The molecular weight excluding hydrogens is 360 g/mol. The summed E-state index contributed by atoms with van der Waals surface area (Å²) in [6.45, 7) is 4.13. The van der Waals surface area contributed by atoms with E-state index in [1.54, 1.807) is 6.26 Å². The molecule has 0 unspecified atom stereocenters. The molecule has 1 amide bonds. The van der Waals surface area contributed by atoms with Gasteiger partial charge < -0.3 is 14.1 Å². The smallest absolute Gasteiger partial charge is 0.273 e. The second kappa shape index (κ2) is 7.96. The van der Waals surface area contributed by atoms with Crippen molar-refractivity contribution in [3.63, 3.8) is 0 Å². The summed E-state index contributed by atoms with van der Waals surface area (Å²) >= 11 is 1.50. The SMILES string of the molecule is Cc1sc(-c2ccco2)nc1C(=O)N1CCC(COc2ccccc2)CC1. The fourth-order valence-electron chi connectivity index (χ4n) is 3.28. The lowest BCUT2D eigenvalue weighted by Crippen LogP contribution is -2.40. The number of likely N-dealkylation sites (tertiary alicyclic amines) is 1. The second-order valence-electron chi connectivity index (χ2n) is 6.76. The van der Waals surface area contributed by atoms with Crippen molar-refractivity contribution in [1.82, 2.24) is 9.88 Å². The van der Waals surface area contributed by atoms with Gasteiger partial charge in [0.1, 0.15) is 11.4 Å². The minimum absolute atomic E-state index is 0.0176. The zero-order valence-corrected chi connectivity index (χ0v) is 16.1. The van der Waals surface area contributed by atoms with Crippen LogP contribution in [0.5, 0.6) is 5.75 Å². The summed E-state index contributed by atoms with van der Waals surface area (Å²) in [6, 6.07) is 13.6. The predicted molar refractivity (Wildman–Crippen MR) is 105 cm³/mol. The lowest BCUT2D eigenvalue weighted by Gasteiger charge is -2.31. The number of carbonyl (C=O) groups is 1. The van der Waals surface area contributed by atoms with Gasteiger partial charge in [0, 0.05) is 18.0 Å². The van der Waals surface area contributed by atoms with Crippen LogP contribution >= 0.6 is 11.3 Å². The van der Waals surface area contributed by atoms with Crippen LogP contribution in [0.1, 0.15) is 28.2 Å². The van der Waals surface area contributed by atoms with Crippen molar-refractivity contribution in [3.05, 3.63) is 59.3 Å². The summed E-state index contributed by atoms with van der Waals surface area (Å²) in [5.74, 6) is 2.10. The zero-order valence-electron chi connectivity index (χ0n) is 15.3. The highest BCUT2D eigenvalue weighted by molar-refractivity contribution is 7.15. The molecule has 5 nitrogen and oxygen atoms in total. The van der Waals surface area contributed by atoms with E-state index in [1.807, 2.05) is 54.3 Å². The van der Waals surface area contributed by atoms with Gasteiger partial charge in [0.2, 0.25) is 0 Å². The van der Waals surface area contributed by atoms with Crippen molar-refractivity contribution in [2.75, 3.05) is 19.7 Å². The summed E-state index contributed by atoms with van der Waals surface area (Å²) in [5, 5.41) is 0.756. The highest BCUT2D eigenvalue weighted by atomic mass is 32.1. The van der Waals surface area contributed by atoms with E-state index in [1.165, 1.54) is 11.3 Å². The van der Waals surface area contributed by atoms with E-state index in [9.17, 15) is 4.79 Å². The summed E-state index contributed by atoms with van der Waals surface area (Å²) < 4.78 is 11.3. The number of amides is 1. The van der Waals surface area contributed by atoms with Crippen molar-refractivity contribution in [1.29, 1.82) is 0 Å². The molecule has 4 rings (SSSR count). The van der Waals surface area contributed by atoms with E-state index in [4.69, 9.17) is 9.15 Å². The van der Waals surface area contributed by atoms with Gasteiger partial charge in [0.25, 0.3) is 5.91 Å². The van der Waals surface area contributed by atoms with E-state index in [0.29, 0.717) is 24.0 Å². The van der Waals surface area contributed by atoms with Crippen LogP contribution in [-0.4, -0.2) is 35.5 Å². The van der Waals surface area contributed by atoms with Crippen LogP contribution < -0.4 is 4.74 Å². The van der Waals surface area contributed by atoms with Gasteiger partial charge in [-0.25, -0.2) is 4.98 Å². The van der Waals surface area contributed by atoms with E-state index >= 15 is 0 Å². The van der Waals surface area contributed by atoms with Crippen molar-refractivity contribution in [3.8, 4) is 16.5 Å². The topological polar surface area (TPSA) is 55.6 Å². The third-order valence-corrected chi connectivity index (χ3v) is 5.85. The maximum atomic E-state index is 12.9. The standard InChI is InChI=1S/C21H22N2O3S/c1-15-19(22-20(27-15)18-8-5-13-25-18)21(24)23-11-9-16(10-12-23)14-26-17-6-3-2-4-7-17/h2-8,13,16H,9-12,14H2,1H3. The number of rotatable bonds is 5. The summed E-state index contributed by atoms with van der Waals surface area (Å²) in [6.07, 6.45) is 3.52. The fraction of sp³-hybridized carbons (Fsp3) is 0.333. The number of thiazole rings is 1. The predicted octanol–water partition coefficient (Wildman–Crippen LogP) is 4.64. The Morgan fingerprint density at radius 2 is 2.00 bits per heavy atom. The lowest BCUT2D eigenvalue weighted by atomic mass is 9.97. The minimum atomic E-state index is 0.0176. The first-order valence-electron chi connectivity index (χ1n) is 9.19. The first-order chi connectivity index (χ1) is 13.2.